The molecular weight excluding hydrogens is 384 g/mol. The third kappa shape index (κ3) is 4.65. The number of nitrogens with one attached hydrogen (secondary N) is 2. The molecule has 0 spiro atoms. The van der Waals surface area contributed by atoms with E-state index < -0.39 is 0 Å². The van der Waals surface area contributed by atoms with E-state index in [4.69, 9.17) is 0 Å². The molecule has 20 heavy (non-hydrogen) atoms. The fourth-order valence-electron chi connectivity index (χ4n) is 1.79. The number of carbonyl (C=O) groups is 1. The Bertz CT molecular complexity index is 609. The monoisotopic (exact) mass is 396 g/mol. The Morgan fingerprint density at radius 1 is 1.05 bits per heavy atom. The Hall–Kier alpha value is -1.33. The predicted molar refractivity (Wildman–Crippen MR) is 90.1 cm³/mol. The van der Waals surface area contributed by atoms with Crippen LogP contribution in [0.2, 0.25) is 0 Å². The Labute approximate surface area is 135 Å². The number of aryl methyl sites for hydroxylation is 1. The van der Waals surface area contributed by atoms with Gasteiger partial charge in [0.05, 0.1) is 6.54 Å². The van der Waals surface area contributed by atoms with Gasteiger partial charge >= 0.3 is 0 Å². The van der Waals surface area contributed by atoms with Crippen molar-refractivity contribution in [1.29, 1.82) is 0 Å². The maximum atomic E-state index is 11.9. The maximum Gasteiger partial charge on any atom is 0.243 e. The van der Waals surface area contributed by atoms with Crippen molar-refractivity contribution in [1.82, 2.24) is 0 Å². The van der Waals surface area contributed by atoms with Gasteiger partial charge in [-0.1, -0.05) is 37.9 Å². The average Bonchev–Trinajstić information content (AvgIpc) is 2.35. The van der Waals surface area contributed by atoms with E-state index in [-0.39, 0.29) is 12.5 Å². The van der Waals surface area contributed by atoms with Crippen LogP contribution < -0.4 is 10.6 Å². The van der Waals surface area contributed by atoms with E-state index in [0.717, 1.165) is 25.9 Å². The minimum Gasteiger partial charge on any atom is -0.376 e. The van der Waals surface area contributed by atoms with Crippen LogP contribution in [0.4, 0.5) is 11.4 Å². The molecule has 0 aliphatic rings. The summed E-state index contributed by atoms with van der Waals surface area (Å²) in [5, 5.41) is 5.95. The Balaban J connectivity index is 1.92. The third-order valence-corrected chi connectivity index (χ3v) is 3.55. The first-order valence-electron chi connectivity index (χ1n) is 6.09. The van der Waals surface area contributed by atoms with Crippen molar-refractivity contribution in [3.05, 3.63) is 57.0 Å². The Morgan fingerprint density at radius 3 is 2.50 bits per heavy atom. The zero-order valence-electron chi connectivity index (χ0n) is 10.9. The summed E-state index contributed by atoms with van der Waals surface area (Å²) in [5.41, 5.74) is 2.83. The molecule has 2 aromatic carbocycles. The molecule has 2 aromatic rings. The van der Waals surface area contributed by atoms with E-state index in [0.29, 0.717) is 0 Å². The van der Waals surface area contributed by atoms with Crippen LogP contribution in [0.15, 0.2) is 51.4 Å². The molecule has 0 saturated carbocycles. The van der Waals surface area contributed by atoms with Crippen molar-refractivity contribution in [2.75, 3.05) is 17.2 Å². The molecule has 0 bridgehead atoms. The summed E-state index contributed by atoms with van der Waals surface area (Å²) < 4.78 is 1.93. The lowest BCUT2D eigenvalue weighted by Crippen LogP contribution is -2.21. The van der Waals surface area contributed by atoms with Crippen LogP contribution in [0.1, 0.15) is 5.56 Å². The molecule has 104 valence electrons. The number of hydrogen-bond acceptors (Lipinski definition) is 2. The molecule has 2 rings (SSSR count). The number of carbonyl (C=O) groups excluding carboxylic acids is 1. The van der Waals surface area contributed by atoms with E-state index in [2.05, 4.69) is 42.5 Å². The molecule has 0 unspecified atom stereocenters. The van der Waals surface area contributed by atoms with E-state index >= 15 is 0 Å². The largest absolute Gasteiger partial charge is 0.376 e. The van der Waals surface area contributed by atoms with E-state index in [1.165, 1.54) is 0 Å². The van der Waals surface area contributed by atoms with Gasteiger partial charge in [0.1, 0.15) is 0 Å². The molecule has 0 aliphatic heterocycles. The third-order valence-electron chi connectivity index (χ3n) is 2.60. The van der Waals surface area contributed by atoms with Gasteiger partial charge in [-0.3, -0.25) is 4.79 Å². The lowest BCUT2D eigenvalue weighted by Gasteiger charge is -2.09. The second-order valence-corrected chi connectivity index (χ2v) is 6.26. The number of rotatable bonds is 4. The zero-order valence-corrected chi connectivity index (χ0v) is 14.1. The van der Waals surface area contributed by atoms with Crippen LogP contribution in [-0.2, 0) is 4.79 Å². The number of anilines is 2. The Kier molecular flexibility index (Phi) is 5.20. The highest BCUT2D eigenvalue weighted by molar-refractivity contribution is 9.10. The molecule has 0 aromatic heterocycles. The molecule has 0 fully saturated rings. The number of hydrogen-bond donors (Lipinski definition) is 2. The van der Waals surface area contributed by atoms with Crippen LogP contribution in [0.5, 0.6) is 0 Å². The van der Waals surface area contributed by atoms with Crippen molar-refractivity contribution in [3.63, 3.8) is 0 Å². The molecular formula is C15H14Br2N2O. The predicted octanol–water partition coefficient (Wildman–Crippen LogP) is 4.57. The van der Waals surface area contributed by atoms with Crippen molar-refractivity contribution < 1.29 is 4.79 Å². The first kappa shape index (κ1) is 15.1. The van der Waals surface area contributed by atoms with Crippen LogP contribution in [0.25, 0.3) is 0 Å². The average molecular weight is 398 g/mol. The van der Waals surface area contributed by atoms with Crippen molar-refractivity contribution in [2.45, 2.75) is 6.92 Å². The van der Waals surface area contributed by atoms with Gasteiger partial charge in [-0.05, 0) is 48.9 Å². The first-order valence-corrected chi connectivity index (χ1v) is 7.68. The SMILES string of the molecule is Cc1cc(Br)cc(NCC(=O)Nc2cccc(Br)c2)c1. The van der Waals surface area contributed by atoms with Gasteiger partial charge in [-0.15, -0.1) is 0 Å². The lowest BCUT2D eigenvalue weighted by molar-refractivity contribution is -0.114. The topological polar surface area (TPSA) is 41.1 Å². The molecule has 0 heterocycles. The quantitative estimate of drug-likeness (QED) is 0.793. The van der Waals surface area contributed by atoms with Crippen molar-refractivity contribution in [3.8, 4) is 0 Å². The van der Waals surface area contributed by atoms with Crippen LogP contribution in [0, 0.1) is 6.92 Å². The fraction of sp³-hybridized carbons (Fsp3) is 0.133. The number of halogens is 2. The highest BCUT2D eigenvalue weighted by Crippen LogP contribution is 2.19. The molecule has 2 N–H and O–H groups in total. The minimum absolute atomic E-state index is 0.0827. The second kappa shape index (κ2) is 6.90. The maximum absolute atomic E-state index is 11.9. The normalized spacial score (nSPS) is 10.2. The summed E-state index contributed by atoms with van der Waals surface area (Å²) in [6, 6.07) is 13.5. The summed E-state index contributed by atoms with van der Waals surface area (Å²) in [6.07, 6.45) is 0. The van der Waals surface area contributed by atoms with Crippen LogP contribution >= 0.6 is 31.9 Å². The number of amides is 1. The highest BCUT2D eigenvalue weighted by Gasteiger charge is 2.03. The standard InChI is InChI=1S/C15H14Br2N2O/c1-10-5-12(17)8-14(6-10)18-9-15(20)19-13-4-2-3-11(16)7-13/h2-8,18H,9H2,1H3,(H,19,20). The zero-order chi connectivity index (χ0) is 14.5. The molecule has 5 heteroatoms. The van der Waals surface area contributed by atoms with Gasteiger partial charge in [0.15, 0.2) is 0 Å². The molecule has 0 aliphatic carbocycles. The van der Waals surface area contributed by atoms with Gasteiger partial charge < -0.3 is 10.6 Å². The van der Waals surface area contributed by atoms with Gasteiger partial charge in [0.2, 0.25) is 5.91 Å². The van der Waals surface area contributed by atoms with Gasteiger partial charge in [0, 0.05) is 20.3 Å². The summed E-state index contributed by atoms with van der Waals surface area (Å²) in [5.74, 6) is -0.0827. The molecule has 1 amide bonds. The van der Waals surface area contributed by atoms with Gasteiger partial charge in [-0.2, -0.15) is 0 Å². The van der Waals surface area contributed by atoms with E-state index in [1.54, 1.807) is 0 Å². The summed E-state index contributed by atoms with van der Waals surface area (Å²) in [4.78, 5) is 11.9. The summed E-state index contributed by atoms with van der Waals surface area (Å²) >= 11 is 6.81. The molecule has 0 radical (unpaired) electrons. The first-order chi connectivity index (χ1) is 9.52. The smallest absolute Gasteiger partial charge is 0.243 e. The minimum atomic E-state index is -0.0827. The number of benzene rings is 2. The Morgan fingerprint density at radius 2 is 1.80 bits per heavy atom. The molecule has 0 saturated heterocycles. The fourth-order valence-corrected chi connectivity index (χ4v) is 2.80. The second-order valence-electron chi connectivity index (χ2n) is 4.43. The summed E-state index contributed by atoms with van der Waals surface area (Å²) in [7, 11) is 0. The van der Waals surface area contributed by atoms with E-state index in [9.17, 15) is 4.79 Å². The van der Waals surface area contributed by atoms with E-state index in [1.807, 2.05) is 49.4 Å². The van der Waals surface area contributed by atoms with Crippen molar-refractivity contribution >= 4 is 49.1 Å². The van der Waals surface area contributed by atoms with Gasteiger partial charge in [0.25, 0.3) is 0 Å². The molecule has 0 atom stereocenters. The van der Waals surface area contributed by atoms with Crippen molar-refractivity contribution in [2.24, 2.45) is 0 Å². The molecule has 3 nitrogen and oxygen atoms in total. The van der Waals surface area contributed by atoms with Crippen LogP contribution in [0.3, 0.4) is 0 Å². The summed E-state index contributed by atoms with van der Waals surface area (Å²) in [6.45, 7) is 2.24. The lowest BCUT2D eigenvalue weighted by atomic mass is 10.2. The highest BCUT2D eigenvalue weighted by atomic mass is 79.9. The van der Waals surface area contributed by atoms with Crippen LogP contribution in [-0.4, -0.2) is 12.5 Å². The van der Waals surface area contributed by atoms with Gasteiger partial charge in [-0.25, -0.2) is 0 Å².